The molecule has 0 amide bonds. The molecule has 0 aliphatic carbocycles. The second kappa shape index (κ2) is 6.41. The highest BCUT2D eigenvalue weighted by atomic mass is 15.2. The van der Waals surface area contributed by atoms with Crippen LogP contribution < -0.4 is 10.2 Å². The van der Waals surface area contributed by atoms with Gasteiger partial charge in [-0.25, -0.2) is 0 Å². The van der Waals surface area contributed by atoms with Crippen molar-refractivity contribution >= 4 is 17.1 Å². The van der Waals surface area contributed by atoms with Crippen LogP contribution in [0.1, 0.15) is 62.4 Å². The van der Waals surface area contributed by atoms with Gasteiger partial charge >= 0.3 is 0 Å². The first-order chi connectivity index (χ1) is 13.5. The molecule has 1 N–H and O–H groups in total. The van der Waals surface area contributed by atoms with Crippen LogP contribution in [0.3, 0.4) is 0 Å². The molecule has 1 fully saturated rings. The van der Waals surface area contributed by atoms with E-state index in [1.54, 1.807) is 0 Å². The van der Waals surface area contributed by atoms with Gasteiger partial charge in [0, 0.05) is 17.1 Å². The summed E-state index contributed by atoms with van der Waals surface area (Å²) in [6, 6.07) is 28.1. The lowest BCUT2D eigenvalue weighted by Gasteiger charge is -2.34. The third-order valence-corrected chi connectivity index (χ3v) is 6.30. The largest absolute Gasteiger partial charge is 0.357 e. The summed E-state index contributed by atoms with van der Waals surface area (Å²) in [6.45, 7) is 6.83. The Kier molecular flexibility index (Phi) is 3.97. The zero-order valence-corrected chi connectivity index (χ0v) is 16.9. The Morgan fingerprint density at radius 3 is 1.57 bits per heavy atom. The van der Waals surface area contributed by atoms with Gasteiger partial charge in [0.25, 0.3) is 0 Å². The predicted molar refractivity (Wildman–Crippen MR) is 119 cm³/mol. The number of nitrogens with zero attached hydrogens (tertiary/aromatic N) is 1. The Bertz CT molecular complexity index is 909. The summed E-state index contributed by atoms with van der Waals surface area (Å²) in [5.41, 5.74) is 7.99. The molecule has 5 aliphatic heterocycles. The first-order valence-electron chi connectivity index (χ1n) is 10.3. The summed E-state index contributed by atoms with van der Waals surface area (Å²) in [5, 5.41) is 3.51. The zero-order valence-electron chi connectivity index (χ0n) is 16.9. The van der Waals surface area contributed by atoms with E-state index in [9.17, 15) is 0 Å². The number of hydrogen-bond donors (Lipinski definition) is 1. The minimum absolute atomic E-state index is 0.179. The van der Waals surface area contributed by atoms with E-state index >= 15 is 0 Å². The number of benzene rings is 3. The maximum absolute atomic E-state index is 3.51. The van der Waals surface area contributed by atoms with E-state index in [-0.39, 0.29) is 5.41 Å². The number of nitrogens with one attached hydrogen (secondary N) is 1. The molecule has 142 valence electrons. The fraction of sp³-hybridized carbons (Fsp3) is 0.308. The van der Waals surface area contributed by atoms with Gasteiger partial charge in [-0.2, -0.15) is 0 Å². The van der Waals surface area contributed by atoms with Gasteiger partial charge in [0.2, 0.25) is 0 Å². The molecule has 6 bridgehead atoms. The van der Waals surface area contributed by atoms with Crippen LogP contribution in [0, 0.1) is 0 Å². The van der Waals surface area contributed by atoms with Crippen LogP contribution in [0.4, 0.5) is 17.1 Å². The number of anilines is 3. The predicted octanol–water partition coefficient (Wildman–Crippen LogP) is 7.12. The molecule has 0 aromatic heterocycles. The van der Waals surface area contributed by atoms with Crippen LogP contribution in [0.5, 0.6) is 0 Å². The smallest absolute Gasteiger partial charge is 0.0549 e. The van der Waals surface area contributed by atoms with Crippen molar-refractivity contribution in [2.24, 2.45) is 0 Å². The van der Waals surface area contributed by atoms with E-state index in [4.69, 9.17) is 0 Å². The van der Waals surface area contributed by atoms with E-state index in [1.165, 1.54) is 35.2 Å². The van der Waals surface area contributed by atoms with Crippen molar-refractivity contribution in [1.29, 1.82) is 0 Å². The Morgan fingerprint density at radius 2 is 1.14 bits per heavy atom. The monoisotopic (exact) mass is 368 g/mol. The highest BCUT2D eigenvalue weighted by molar-refractivity contribution is 5.62. The molecule has 3 aromatic rings. The molecule has 0 radical (unpaired) electrons. The van der Waals surface area contributed by atoms with Gasteiger partial charge in [-0.1, -0.05) is 57.2 Å². The van der Waals surface area contributed by atoms with Crippen molar-refractivity contribution in [3.05, 3.63) is 89.5 Å². The Balaban J connectivity index is 1.63. The average Bonchev–Trinajstić information content (AvgIpc) is 3.13. The average molecular weight is 369 g/mol. The molecule has 3 aromatic carbocycles. The van der Waals surface area contributed by atoms with Crippen molar-refractivity contribution in [1.82, 2.24) is 0 Å². The summed E-state index contributed by atoms with van der Waals surface area (Å²) in [4.78, 5) is 2.64. The van der Waals surface area contributed by atoms with Crippen LogP contribution in [0.15, 0.2) is 72.8 Å². The molecule has 0 saturated carbocycles. The van der Waals surface area contributed by atoms with Crippen molar-refractivity contribution in [2.75, 3.05) is 10.2 Å². The lowest BCUT2D eigenvalue weighted by molar-refractivity contribution is 0.589. The van der Waals surface area contributed by atoms with Crippen LogP contribution in [0.25, 0.3) is 0 Å². The Morgan fingerprint density at radius 1 is 0.679 bits per heavy atom. The molecule has 2 nitrogen and oxygen atoms in total. The topological polar surface area (TPSA) is 15.3 Å². The van der Waals surface area contributed by atoms with Crippen LogP contribution in [-0.4, -0.2) is 0 Å². The lowest BCUT2D eigenvalue weighted by Crippen LogP contribution is -2.26. The van der Waals surface area contributed by atoms with Gasteiger partial charge in [0.05, 0.1) is 12.1 Å². The first-order valence-corrected chi connectivity index (χ1v) is 10.3. The van der Waals surface area contributed by atoms with E-state index in [0.29, 0.717) is 12.1 Å². The lowest BCUT2D eigenvalue weighted by atomic mass is 9.87. The van der Waals surface area contributed by atoms with E-state index in [1.807, 2.05) is 0 Å². The molecular weight excluding hydrogens is 340 g/mol. The third-order valence-electron chi connectivity index (χ3n) is 6.30. The second-order valence-electron chi connectivity index (χ2n) is 9.18. The van der Waals surface area contributed by atoms with Crippen molar-refractivity contribution in [3.8, 4) is 0 Å². The van der Waals surface area contributed by atoms with Crippen LogP contribution in [-0.2, 0) is 5.41 Å². The SMILES string of the molecule is CC(C)(C)c1ccc(N2[C@H]3CC[C@H]2c2ccc(cc2)Nc2ccc3cc2)cc1. The molecule has 0 spiro atoms. The molecule has 2 atom stereocenters. The quantitative estimate of drug-likeness (QED) is 0.492. The highest BCUT2D eigenvalue weighted by Crippen LogP contribution is 2.47. The van der Waals surface area contributed by atoms with Gasteiger partial charge in [-0.3, -0.25) is 0 Å². The summed E-state index contributed by atoms with van der Waals surface area (Å²) < 4.78 is 0. The first kappa shape index (κ1) is 17.4. The molecular formula is C26H28N2. The molecule has 5 heterocycles. The van der Waals surface area contributed by atoms with E-state index in [0.717, 1.165) is 11.4 Å². The van der Waals surface area contributed by atoms with Gasteiger partial charge in [-0.15, -0.1) is 0 Å². The summed E-state index contributed by atoms with van der Waals surface area (Å²) in [7, 11) is 0. The molecule has 28 heavy (non-hydrogen) atoms. The second-order valence-corrected chi connectivity index (χ2v) is 9.18. The van der Waals surface area contributed by atoms with Gasteiger partial charge < -0.3 is 10.2 Å². The van der Waals surface area contributed by atoms with Crippen LogP contribution in [0.2, 0.25) is 0 Å². The minimum Gasteiger partial charge on any atom is -0.357 e. The number of rotatable bonds is 1. The maximum atomic E-state index is 3.51. The standard InChI is InChI=1S/C26H28N2/c1-26(2,3)20-8-14-23(15-9-20)28-24-16-17-25(28)19-6-12-22(13-7-19)27-21-10-4-18(24)5-11-21/h4-15,24-25,27H,16-17H2,1-3H3/t24-,25-/m0/s1. The van der Waals surface area contributed by atoms with Gasteiger partial charge in [-0.05, 0) is 71.3 Å². The number of hydrogen-bond acceptors (Lipinski definition) is 2. The Hall–Kier alpha value is -2.74. The zero-order chi connectivity index (χ0) is 19.3. The van der Waals surface area contributed by atoms with E-state index in [2.05, 4.69) is 104 Å². The van der Waals surface area contributed by atoms with Gasteiger partial charge in [0.1, 0.15) is 0 Å². The molecule has 8 rings (SSSR count). The minimum atomic E-state index is 0.179. The van der Waals surface area contributed by atoms with Crippen molar-refractivity contribution in [2.45, 2.75) is 51.1 Å². The summed E-state index contributed by atoms with van der Waals surface area (Å²) in [5.74, 6) is 0. The molecule has 5 aliphatic rings. The summed E-state index contributed by atoms with van der Waals surface area (Å²) in [6.07, 6.45) is 2.36. The fourth-order valence-corrected chi connectivity index (χ4v) is 4.70. The maximum Gasteiger partial charge on any atom is 0.0549 e. The molecule has 2 heteroatoms. The van der Waals surface area contributed by atoms with Gasteiger partial charge in [0.15, 0.2) is 0 Å². The van der Waals surface area contributed by atoms with E-state index < -0.39 is 0 Å². The molecule has 1 saturated heterocycles. The highest BCUT2D eigenvalue weighted by Gasteiger charge is 2.35. The van der Waals surface area contributed by atoms with Crippen molar-refractivity contribution < 1.29 is 0 Å². The normalized spacial score (nSPS) is 20.6. The molecule has 0 unspecified atom stereocenters. The van der Waals surface area contributed by atoms with Crippen molar-refractivity contribution in [3.63, 3.8) is 0 Å². The third kappa shape index (κ3) is 2.97. The Labute approximate surface area is 168 Å². The summed E-state index contributed by atoms with van der Waals surface area (Å²) >= 11 is 0. The fourth-order valence-electron chi connectivity index (χ4n) is 4.70. The van der Waals surface area contributed by atoms with Crippen LogP contribution >= 0.6 is 0 Å².